The van der Waals surface area contributed by atoms with Gasteiger partial charge in [-0.3, -0.25) is 0 Å². The van der Waals surface area contributed by atoms with Gasteiger partial charge in [0.25, 0.3) is 0 Å². The van der Waals surface area contributed by atoms with Crippen molar-refractivity contribution in [3.63, 3.8) is 0 Å². The highest BCUT2D eigenvalue weighted by atomic mass is 79.9. The Morgan fingerprint density at radius 2 is 1.33 bits per heavy atom. The van der Waals surface area contributed by atoms with E-state index in [0.29, 0.717) is 59.3 Å². The lowest BCUT2D eigenvalue weighted by Gasteiger charge is -2.09. The molecular weight excluding hydrogens is 791 g/mol. The quantitative estimate of drug-likeness (QED) is 0.142. The predicted molar refractivity (Wildman–Crippen MR) is 184 cm³/mol. The summed E-state index contributed by atoms with van der Waals surface area (Å²) in [6.07, 6.45) is 1.72. The van der Waals surface area contributed by atoms with Crippen molar-refractivity contribution in [1.82, 2.24) is 9.97 Å². The van der Waals surface area contributed by atoms with E-state index >= 15 is 0 Å². The van der Waals surface area contributed by atoms with Crippen molar-refractivity contribution in [2.75, 3.05) is 26.4 Å². The average molecular weight is 821 g/mol. The van der Waals surface area contributed by atoms with E-state index in [4.69, 9.17) is 29.0 Å². The second-order valence-corrected chi connectivity index (χ2v) is 12.3. The molecule has 2 aromatic carbocycles. The Bertz CT molecular complexity index is 1710. The van der Waals surface area contributed by atoms with Crippen LogP contribution in [0.3, 0.4) is 0 Å². The lowest BCUT2D eigenvalue weighted by atomic mass is 9.79. The standard InChI is InChI=1S/C16H14BrNO3.C8H8BBrO3.C8H8BrNO2/c1-2-20-16(19)14-5-3-4-13(18-14)12-9-11(17)8-10-6-7-21-15(10)12;10-6-3-5-1-2-13-8(5)7(4-6)9(11)12;1-2-12-8(11)6-4-3-5-7(9)10-6/h3-5,8-9H,2,6-7H2,1H3;3-4,11-12H,1-2H2;3-5H,2H2,1H3. The Hall–Kier alpha value is -3.30. The van der Waals surface area contributed by atoms with Crippen molar-refractivity contribution in [1.29, 1.82) is 0 Å². The van der Waals surface area contributed by atoms with E-state index in [0.717, 1.165) is 44.2 Å². The summed E-state index contributed by atoms with van der Waals surface area (Å²) in [4.78, 5) is 31.2. The lowest BCUT2D eigenvalue weighted by Crippen LogP contribution is -2.31. The minimum absolute atomic E-state index is 0.307. The minimum atomic E-state index is -1.47. The summed E-state index contributed by atoms with van der Waals surface area (Å²) >= 11 is 9.98. The Morgan fingerprint density at radius 3 is 1.91 bits per heavy atom. The maximum atomic E-state index is 11.8. The van der Waals surface area contributed by atoms with Crippen LogP contribution in [-0.4, -0.2) is 65.5 Å². The number of hydrogen-bond donors (Lipinski definition) is 2. The van der Waals surface area contributed by atoms with E-state index in [-0.39, 0.29) is 5.97 Å². The van der Waals surface area contributed by atoms with Gasteiger partial charge in [0.2, 0.25) is 0 Å². The van der Waals surface area contributed by atoms with Crippen molar-refractivity contribution in [3.8, 4) is 22.8 Å². The Morgan fingerprint density at radius 1 is 0.783 bits per heavy atom. The fourth-order valence-electron chi connectivity index (χ4n) is 4.58. The first-order valence-corrected chi connectivity index (χ1v) is 16.7. The molecule has 0 radical (unpaired) electrons. The summed E-state index contributed by atoms with van der Waals surface area (Å²) in [6.45, 7) is 5.53. The smallest absolute Gasteiger partial charge is 0.492 e. The van der Waals surface area contributed by atoms with Crippen LogP contribution >= 0.6 is 47.8 Å². The maximum absolute atomic E-state index is 11.8. The van der Waals surface area contributed by atoms with Crippen molar-refractivity contribution in [2.45, 2.75) is 26.7 Å². The van der Waals surface area contributed by atoms with Gasteiger partial charge in [-0.25, -0.2) is 19.6 Å². The van der Waals surface area contributed by atoms with Crippen LogP contribution in [0.4, 0.5) is 0 Å². The molecule has 0 unspecified atom stereocenters. The van der Waals surface area contributed by atoms with Crippen LogP contribution in [0.25, 0.3) is 11.3 Å². The second-order valence-electron chi connectivity index (χ2n) is 9.69. The highest BCUT2D eigenvalue weighted by Crippen LogP contribution is 2.38. The maximum Gasteiger partial charge on any atom is 0.492 e. The molecule has 10 nitrogen and oxygen atoms in total. The summed E-state index contributed by atoms with van der Waals surface area (Å²) in [5.41, 5.74) is 4.84. The highest BCUT2D eigenvalue weighted by molar-refractivity contribution is 9.11. The molecule has 46 heavy (non-hydrogen) atoms. The average Bonchev–Trinajstić information content (AvgIpc) is 3.71. The third kappa shape index (κ3) is 9.38. The third-order valence-electron chi connectivity index (χ3n) is 6.51. The van der Waals surface area contributed by atoms with Gasteiger partial charge in [-0.15, -0.1) is 0 Å². The van der Waals surface area contributed by atoms with Gasteiger partial charge in [0.1, 0.15) is 27.5 Å². The molecule has 14 heteroatoms. The summed E-state index contributed by atoms with van der Waals surface area (Å²) < 4.78 is 23.2. The summed E-state index contributed by atoms with van der Waals surface area (Å²) in [7, 11) is -1.47. The van der Waals surface area contributed by atoms with Crippen LogP contribution in [0, 0.1) is 0 Å². The monoisotopic (exact) mass is 818 g/mol. The fraction of sp³-hybridized carbons (Fsp3) is 0.250. The first kappa shape index (κ1) is 35.6. The molecule has 2 aromatic heterocycles. The summed E-state index contributed by atoms with van der Waals surface area (Å²) in [6, 6.07) is 18.0. The molecule has 2 N–H and O–H groups in total. The van der Waals surface area contributed by atoms with Crippen LogP contribution < -0.4 is 14.9 Å². The number of carbonyl (C=O) groups is 2. The summed E-state index contributed by atoms with van der Waals surface area (Å²) in [5.74, 6) is 0.676. The van der Waals surface area contributed by atoms with Crippen LogP contribution in [0.2, 0.25) is 0 Å². The zero-order valence-electron chi connectivity index (χ0n) is 25.0. The number of carbonyl (C=O) groups excluding carboxylic acids is 2. The zero-order chi connectivity index (χ0) is 33.2. The molecule has 0 aliphatic carbocycles. The van der Waals surface area contributed by atoms with Crippen molar-refractivity contribution in [3.05, 3.63) is 96.7 Å². The van der Waals surface area contributed by atoms with Crippen molar-refractivity contribution < 1.29 is 38.6 Å². The number of hydrogen-bond acceptors (Lipinski definition) is 10. The molecule has 0 saturated heterocycles. The molecule has 2 aliphatic rings. The number of halogens is 3. The first-order chi connectivity index (χ1) is 22.1. The first-order valence-electron chi connectivity index (χ1n) is 14.3. The molecule has 0 bridgehead atoms. The third-order valence-corrected chi connectivity index (χ3v) is 7.87. The van der Waals surface area contributed by atoms with Gasteiger partial charge in [-0.1, -0.05) is 44.0 Å². The number of pyridine rings is 2. The molecule has 0 amide bonds. The highest BCUT2D eigenvalue weighted by Gasteiger charge is 2.24. The van der Waals surface area contributed by atoms with Crippen LogP contribution in [0.1, 0.15) is 46.0 Å². The molecule has 240 valence electrons. The molecule has 0 fully saturated rings. The molecule has 0 saturated carbocycles. The molecular formula is C32H30BBr3N2O8. The number of rotatable bonds is 6. The summed E-state index contributed by atoms with van der Waals surface area (Å²) in [5, 5.41) is 18.1. The Balaban J connectivity index is 0.000000166. The van der Waals surface area contributed by atoms with E-state index in [2.05, 4.69) is 63.8 Å². The Labute approximate surface area is 292 Å². The number of esters is 2. The molecule has 0 spiro atoms. The second kappa shape index (κ2) is 17.0. The number of fused-ring (bicyclic) bond motifs is 2. The van der Waals surface area contributed by atoms with E-state index in [1.165, 1.54) is 0 Å². The van der Waals surface area contributed by atoms with Crippen molar-refractivity contribution in [2.24, 2.45) is 0 Å². The molecule has 2 aliphatic heterocycles. The fourth-order valence-corrected chi connectivity index (χ4v) is 5.95. The van der Waals surface area contributed by atoms with E-state index in [1.807, 2.05) is 18.2 Å². The number of ether oxygens (including phenoxy) is 4. The van der Waals surface area contributed by atoms with Crippen molar-refractivity contribution >= 4 is 72.3 Å². The van der Waals surface area contributed by atoms with E-state index < -0.39 is 13.1 Å². The van der Waals surface area contributed by atoms with E-state index in [1.54, 1.807) is 50.2 Å². The minimum Gasteiger partial charge on any atom is -0.493 e. The molecule has 4 heterocycles. The van der Waals surface area contributed by atoms with Gasteiger partial charge in [-0.2, -0.15) is 0 Å². The molecule has 4 aromatic rings. The van der Waals surface area contributed by atoms with Gasteiger partial charge in [0.15, 0.2) is 0 Å². The van der Waals surface area contributed by atoms with Gasteiger partial charge >= 0.3 is 19.1 Å². The van der Waals surface area contributed by atoms with Crippen LogP contribution in [-0.2, 0) is 22.3 Å². The van der Waals surface area contributed by atoms with Crippen LogP contribution in [0.5, 0.6) is 11.5 Å². The van der Waals surface area contributed by atoms with Crippen LogP contribution in [0.15, 0.2) is 74.2 Å². The van der Waals surface area contributed by atoms with Gasteiger partial charge in [0, 0.05) is 32.8 Å². The molecule has 0 atom stereocenters. The van der Waals surface area contributed by atoms with Gasteiger partial charge < -0.3 is 29.0 Å². The molecule has 6 rings (SSSR count). The van der Waals surface area contributed by atoms with Gasteiger partial charge in [0.05, 0.1) is 32.1 Å². The number of benzene rings is 2. The predicted octanol–water partition coefficient (Wildman–Crippen LogP) is 5.71. The van der Waals surface area contributed by atoms with E-state index in [9.17, 15) is 9.59 Å². The largest absolute Gasteiger partial charge is 0.493 e. The SMILES string of the molecule is CCOC(=O)c1cccc(-c2cc(Br)cc3c2OCC3)n1.CCOC(=O)c1cccc(Br)n1.OB(O)c1cc(Br)cc2c1OCC2. The zero-order valence-corrected chi connectivity index (χ0v) is 29.7. The number of nitrogens with zero attached hydrogens (tertiary/aromatic N) is 2. The topological polar surface area (TPSA) is 137 Å². The number of aromatic nitrogens is 2. The lowest BCUT2D eigenvalue weighted by molar-refractivity contribution is 0.0510. The van der Waals surface area contributed by atoms with Gasteiger partial charge in [-0.05, 0) is 89.4 Å². The Kier molecular flexibility index (Phi) is 13.2. The normalized spacial score (nSPS) is 12.2.